The summed E-state index contributed by atoms with van der Waals surface area (Å²) in [5.41, 5.74) is 7.12. The first-order valence-electron chi connectivity index (χ1n) is 5.83. The summed E-state index contributed by atoms with van der Waals surface area (Å²) in [5, 5.41) is 0. The molecule has 92 valence electrons. The Morgan fingerprint density at radius 2 is 2.18 bits per heavy atom. The molecule has 0 aliphatic heterocycles. The van der Waals surface area contributed by atoms with E-state index in [1.807, 2.05) is 7.05 Å². The highest BCUT2D eigenvalue weighted by Gasteiger charge is 2.05. The SMILES string of the molecule is CCCN(C)Cc1ccc(F)cc1C#CCN. The van der Waals surface area contributed by atoms with Gasteiger partial charge in [-0.15, -0.1) is 0 Å². The maximum Gasteiger partial charge on any atom is 0.124 e. The maximum atomic E-state index is 13.1. The Labute approximate surface area is 103 Å². The molecule has 2 nitrogen and oxygen atoms in total. The summed E-state index contributed by atoms with van der Waals surface area (Å²) in [4.78, 5) is 2.20. The molecule has 0 amide bonds. The van der Waals surface area contributed by atoms with Crippen LogP contribution in [-0.4, -0.2) is 25.0 Å². The molecule has 17 heavy (non-hydrogen) atoms. The highest BCUT2D eigenvalue weighted by atomic mass is 19.1. The van der Waals surface area contributed by atoms with Crippen molar-refractivity contribution in [3.8, 4) is 11.8 Å². The van der Waals surface area contributed by atoms with Crippen LogP contribution in [0.1, 0.15) is 24.5 Å². The molecule has 0 heterocycles. The number of hydrogen-bond donors (Lipinski definition) is 1. The molecule has 2 N–H and O–H groups in total. The highest BCUT2D eigenvalue weighted by molar-refractivity contribution is 5.41. The Balaban J connectivity index is 2.89. The summed E-state index contributed by atoms with van der Waals surface area (Å²) < 4.78 is 13.1. The van der Waals surface area contributed by atoms with Crippen molar-refractivity contribution >= 4 is 0 Å². The standard InChI is InChI=1S/C14H19FN2/c1-3-9-17(2)11-13-6-7-14(15)10-12(13)5-4-8-16/h6-7,10H,3,8-9,11,16H2,1-2H3. The van der Waals surface area contributed by atoms with Crippen molar-refractivity contribution in [2.45, 2.75) is 19.9 Å². The third-order valence-electron chi connectivity index (χ3n) is 2.44. The third kappa shape index (κ3) is 4.56. The van der Waals surface area contributed by atoms with E-state index in [0.717, 1.165) is 30.6 Å². The van der Waals surface area contributed by atoms with Crippen molar-refractivity contribution in [1.82, 2.24) is 4.90 Å². The molecule has 0 unspecified atom stereocenters. The molecular weight excluding hydrogens is 215 g/mol. The van der Waals surface area contributed by atoms with Gasteiger partial charge in [-0.1, -0.05) is 24.8 Å². The largest absolute Gasteiger partial charge is 0.320 e. The van der Waals surface area contributed by atoms with E-state index >= 15 is 0 Å². The van der Waals surface area contributed by atoms with Crippen molar-refractivity contribution in [3.63, 3.8) is 0 Å². The zero-order chi connectivity index (χ0) is 12.7. The Bertz CT molecular complexity index is 418. The molecule has 3 heteroatoms. The molecule has 0 aliphatic rings. The number of nitrogens with two attached hydrogens (primary N) is 1. The van der Waals surface area contributed by atoms with Crippen molar-refractivity contribution in [2.24, 2.45) is 5.73 Å². The lowest BCUT2D eigenvalue weighted by molar-refractivity contribution is 0.327. The van der Waals surface area contributed by atoms with Crippen molar-refractivity contribution in [3.05, 3.63) is 35.1 Å². The van der Waals surface area contributed by atoms with Gasteiger partial charge in [-0.3, -0.25) is 0 Å². The van der Waals surface area contributed by atoms with Gasteiger partial charge in [0.15, 0.2) is 0 Å². The van der Waals surface area contributed by atoms with E-state index in [-0.39, 0.29) is 5.82 Å². The normalized spacial score (nSPS) is 10.2. The molecule has 0 spiro atoms. The second-order valence-corrected chi connectivity index (χ2v) is 4.05. The van der Waals surface area contributed by atoms with Gasteiger partial charge in [0.05, 0.1) is 6.54 Å². The van der Waals surface area contributed by atoms with Crippen LogP contribution >= 0.6 is 0 Å². The molecular formula is C14H19FN2. The van der Waals surface area contributed by atoms with Crippen LogP contribution in [0.2, 0.25) is 0 Å². The summed E-state index contributed by atoms with van der Waals surface area (Å²) >= 11 is 0. The monoisotopic (exact) mass is 234 g/mol. The van der Waals surface area contributed by atoms with E-state index in [1.165, 1.54) is 12.1 Å². The lowest BCUT2D eigenvalue weighted by atomic mass is 10.1. The van der Waals surface area contributed by atoms with Crippen LogP contribution in [0.15, 0.2) is 18.2 Å². The van der Waals surface area contributed by atoms with Gasteiger partial charge in [-0.05, 0) is 37.7 Å². The molecule has 0 atom stereocenters. The number of benzene rings is 1. The van der Waals surface area contributed by atoms with Crippen LogP contribution in [0.5, 0.6) is 0 Å². The molecule has 0 fully saturated rings. The van der Waals surface area contributed by atoms with E-state index in [4.69, 9.17) is 5.73 Å². The first-order valence-corrected chi connectivity index (χ1v) is 5.83. The van der Waals surface area contributed by atoms with Gasteiger partial charge in [0.25, 0.3) is 0 Å². The quantitative estimate of drug-likeness (QED) is 0.807. The van der Waals surface area contributed by atoms with Gasteiger partial charge in [0.2, 0.25) is 0 Å². The predicted octanol–water partition coefficient (Wildman–Crippen LogP) is 1.98. The van der Waals surface area contributed by atoms with E-state index in [9.17, 15) is 4.39 Å². The Kier molecular flexibility index (Phi) is 5.68. The van der Waals surface area contributed by atoms with Gasteiger partial charge in [0.1, 0.15) is 5.82 Å². The number of halogens is 1. The maximum absolute atomic E-state index is 13.1. The van der Waals surface area contributed by atoms with Crippen LogP contribution < -0.4 is 5.73 Å². The molecule has 0 bridgehead atoms. The summed E-state index contributed by atoms with van der Waals surface area (Å²) in [7, 11) is 2.05. The first kappa shape index (κ1) is 13.7. The van der Waals surface area contributed by atoms with Crippen molar-refractivity contribution in [1.29, 1.82) is 0 Å². The van der Waals surface area contributed by atoms with Crippen LogP contribution in [0.4, 0.5) is 4.39 Å². The predicted molar refractivity (Wildman–Crippen MR) is 69.0 cm³/mol. The highest BCUT2D eigenvalue weighted by Crippen LogP contribution is 2.12. The van der Waals surface area contributed by atoms with E-state index < -0.39 is 0 Å². The molecule has 0 saturated heterocycles. The zero-order valence-electron chi connectivity index (χ0n) is 10.5. The lowest BCUT2D eigenvalue weighted by Gasteiger charge is -2.16. The van der Waals surface area contributed by atoms with Crippen LogP contribution in [0, 0.1) is 17.7 Å². The minimum atomic E-state index is -0.256. The average Bonchev–Trinajstić information content (AvgIpc) is 2.30. The van der Waals surface area contributed by atoms with Crippen LogP contribution in [0.25, 0.3) is 0 Å². The first-order chi connectivity index (χ1) is 8.17. The molecule has 0 saturated carbocycles. The van der Waals surface area contributed by atoms with Gasteiger partial charge in [-0.25, -0.2) is 4.39 Å². The minimum Gasteiger partial charge on any atom is -0.320 e. The average molecular weight is 234 g/mol. The van der Waals surface area contributed by atoms with Gasteiger partial charge in [0, 0.05) is 12.1 Å². The Morgan fingerprint density at radius 3 is 2.82 bits per heavy atom. The summed E-state index contributed by atoms with van der Waals surface area (Å²) in [6.07, 6.45) is 1.10. The van der Waals surface area contributed by atoms with Gasteiger partial charge >= 0.3 is 0 Å². The van der Waals surface area contributed by atoms with E-state index in [0.29, 0.717) is 6.54 Å². The third-order valence-corrected chi connectivity index (χ3v) is 2.44. The fourth-order valence-corrected chi connectivity index (χ4v) is 1.70. The molecule has 0 aliphatic carbocycles. The minimum absolute atomic E-state index is 0.256. The number of rotatable bonds is 4. The number of nitrogens with zero attached hydrogens (tertiary/aromatic N) is 1. The summed E-state index contributed by atoms with van der Waals surface area (Å²) in [6, 6.07) is 4.74. The molecule has 1 rings (SSSR count). The second-order valence-electron chi connectivity index (χ2n) is 4.05. The summed E-state index contributed by atoms with van der Waals surface area (Å²) in [5.74, 6) is 5.43. The zero-order valence-corrected chi connectivity index (χ0v) is 10.5. The van der Waals surface area contributed by atoms with E-state index in [1.54, 1.807) is 6.07 Å². The molecule has 0 radical (unpaired) electrons. The Morgan fingerprint density at radius 1 is 1.41 bits per heavy atom. The number of hydrogen-bond acceptors (Lipinski definition) is 2. The Hall–Kier alpha value is -1.37. The fourth-order valence-electron chi connectivity index (χ4n) is 1.70. The van der Waals surface area contributed by atoms with Crippen molar-refractivity contribution < 1.29 is 4.39 Å². The second kappa shape index (κ2) is 7.05. The lowest BCUT2D eigenvalue weighted by Crippen LogP contribution is -2.19. The van der Waals surface area contributed by atoms with Crippen LogP contribution in [0.3, 0.4) is 0 Å². The van der Waals surface area contributed by atoms with Gasteiger partial charge < -0.3 is 10.6 Å². The smallest absolute Gasteiger partial charge is 0.124 e. The van der Waals surface area contributed by atoms with Crippen LogP contribution in [-0.2, 0) is 6.54 Å². The molecule has 1 aromatic rings. The topological polar surface area (TPSA) is 29.3 Å². The summed E-state index contributed by atoms with van der Waals surface area (Å²) in [6.45, 7) is 4.22. The van der Waals surface area contributed by atoms with E-state index in [2.05, 4.69) is 23.7 Å². The fraction of sp³-hybridized carbons (Fsp3) is 0.429. The van der Waals surface area contributed by atoms with Gasteiger partial charge in [-0.2, -0.15) is 0 Å². The van der Waals surface area contributed by atoms with Crippen molar-refractivity contribution in [2.75, 3.05) is 20.1 Å². The molecule has 1 aromatic carbocycles. The molecule has 0 aromatic heterocycles.